The maximum atomic E-state index is 12.6. The van der Waals surface area contributed by atoms with E-state index in [4.69, 9.17) is 9.47 Å². The van der Waals surface area contributed by atoms with Crippen LogP contribution >= 0.6 is 11.3 Å². The Hall–Kier alpha value is -2.86. The number of hydrogen-bond acceptors (Lipinski definition) is 6. The average molecular weight is 383 g/mol. The van der Waals surface area contributed by atoms with Gasteiger partial charge in [-0.1, -0.05) is 24.3 Å². The SMILES string of the molecule is COC(=O)C1=C(C)NC(C)=C(C(=O)OC)C1c1ccccc1-c1ccsc1. The normalized spacial score (nSPS) is 14.8. The molecule has 3 rings (SSSR count). The molecule has 140 valence electrons. The van der Waals surface area contributed by atoms with E-state index in [0.29, 0.717) is 22.5 Å². The largest absolute Gasteiger partial charge is 0.466 e. The van der Waals surface area contributed by atoms with Gasteiger partial charge >= 0.3 is 11.9 Å². The van der Waals surface area contributed by atoms with Gasteiger partial charge < -0.3 is 14.8 Å². The number of methoxy groups -OCH3 is 2. The number of nitrogens with one attached hydrogen (secondary N) is 1. The molecule has 1 N–H and O–H groups in total. The van der Waals surface area contributed by atoms with Crippen LogP contribution in [0.5, 0.6) is 0 Å². The fraction of sp³-hybridized carbons (Fsp3) is 0.238. The molecule has 0 radical (unpaired) electrons. The van der Waals surface area contributed by atoms with Crippen LogP contribution in [0.2, 0.25) is 0 Å². The molecule has 0 fully saturated rings. The number of rotatable bonds is 4. The number of benzene rings is 1. The van der Waals surface area contributed by atoms with Gasteiger partial charge in [-0.3, -0.25) is 0 Å². The standard InChI is InChI=1S/C21H21NO4S/c1-12-17(20(23)25-3)19(18(13(2)22-12)21(24)26-4)16-8-6-5-7-15(16)14-9-10-27-11-14/h5-11,19,22H,1-4H3. The summed E-state index contributed by atoms with van der Waals surface area (Å²) in [4.78, 5) is 25.3. The lowest BCUT2D eigenvalue weighted by Crippen LogP contribution is -2.32. The molecule has 6 heteroatoms. The summed E-state index contributed by atoms with van der Waals surface area (Å²) in [6.45, 7) is 3.62. The first-order chi connectivity index (χ1) is 13.0. The van der Waals surface area contributed by atoms with Gasteiger partial charge in [0.05, 0.1) is 31.3 Å². The molecule has 0 saturated carbocycles. The summed E-state index contributed by atoms with van der Waals surface area (Å²) in [6, 6.07) is 9.80. The van der Waals surface area contributed by atoms with Crippen LogP contribution in [0.3, 0.4) is 0 Å². The Morgan fingerprint density at radius 3 is 2.07 bits per heavy atom. The van der Waals surface area contributed by atoms with Crippen LogP contribution < -0.4 is 5.32 Å². The van der Waals surface area contributed by atoms with E-state index in [0.717, 1.165) is 16.7 Å². The number of carbonyl (C=O) groups excluding carboxylic acids is 2. The number of dihydropyridines is 1. The molecule has 0 atom stereocenters. The van der Waals surface area contributed by atoms with Crippen molar-refractivity contribution in [1.82, 2.24) is 5.32 Å². The van der Waals surface area contributed by atoms with Crippen molar-refractivity contribution in [3.63, 3.8) is 0 Å². The van der Waals surface area contributed by atoms with Crippen LogP contribution in [-0.2, 0) is 19.1 Å². The molecular formula is C21H21NO4S. The van der Waals surface area contributed by atoms with Crippen molar-refractivity contribution in [2.24, 2.45) is 0 Å². The first kappa shape index (κ1) is 18.9. The highest BCUT2D eigenvalue weighted by molar-refractivity contribution is 7.08. The number of allylic oxidation sites excluding steroid dienone is 2. The van der Waals surface area contributed by atoms with E-state index in [9.17, 15) is 9.59 Å². The Labute approximate surface area is 162 Å². The molecule has 1 aromatic heterocycles. The predicted molar refractivity (Wildman–Crippen MR) is 105 cm³/mol. The van der Waals surface area contributed by atoms with E-state index in [-0.39, 0.29) is 0 Å². The zero-order valence-electron chi connectivity index (χ0n) is 15.7. The van der Waals surface area contributed by atoms with Gasteiger partial charge in [-0.05, 0) is 47.4 Å². The molecule has 0 spiro atoms. The van der Waals surface area contributed by atoms with Gasteiger partial charge in [0.1, 0.15) is 0 Å². The molecule has 2 heterocycles. The lowest BCUT2D eigenvalue weighted by atomic mass is 9.78. The maximum absolute atomic E-state index is 12.6. The third-order valence-corrected chi connectivity index (χ3v) is 5.36. The molecule has 0 bridgehead atoms. The number of ether oxygens (including phenoxy) is 2. The average Bonchev–Trinajstić information content (AvgIpc) is 3.21. The highest BCUT2D eigenvalue weighted by Gasteiger charge is 2.38. The second-order valence-electron chi connectivity index (χ2n) is 6.22. The minimum Gasteiger partial charge on any atom is -0.466 e. The molecule has 1 aromatic carbocycles. The lowest BCUT2D eigenvalue weighted by Gasteiger charge is -2.31. The number of hydrogen-bond donors (Lipinski definition) is 1. The maximum Gasteiger partial charge on any atom is 0.336 e. The van der Waals surface area contributed by atoms with Crippen LogP contribution in [-0.4, -0.2) is 26.2 Å². The molecule has 2 aromatic rings. The summed E-state index contributed by atoms with van der Waals surface area (Å²) in [7, 11) is 2.68. The Morgan fingerprint density at radius 2 is 1.56 bits per heavy atom. The van der Waals surface area contributed by atoms with E-state index in [1.807, 2.05) is 54.9 Å². The van der Waals surface area contributed by atoms with E-state index >= 15 is 0 Å². The Balaban J connectivity index is 2.29. The van der Waals surface area contributed by atoms with Gasteiger partial charge in [0, 0.05) is 11.4 Å². The van der Waals surface area contributed by atoms with Crippen LogP contribution in [0.15, 0.2) is 63.6 Å². The summed E-state index contributed by atoms with van der Waals surface area (Å²) >= 11 is 1.59. The second-order valence-corrected chi connectivity index (χ2v) is 7.00. The van der Waals surface area contributed by atoms with Crippen molar-refractivity contribution in [3.05, 3.63) is 69.2 Å². The van der Waals surface area contributed by atoms with Crippen LogP contribution in [0, 0.1) is 0 Å². The van der Waals surface area contributed by atoms with Gasteiger partial charge in [-0.2, -0.15) is 11.3 Å². The summed E-state index contributed by atoms with van der Waals surface area (Å²) in [5, 5.41) is 7.17. The topological polar surface area (TPSA) is 64.6 Å². The first-order valence-corrected chi connectivity index (χ1v) is 9.40. The highest BCUT2D eigenvalue weighted by Crippen LogP contribution is 2.43. The van der Waals surface area contributed by atoms with Gasteiger partial charge in [0.2, 0.25) is 0 Å². The minimum atomic E-state index is -0.581. The molecule has 5 nitrogen and oxygen atoms in total. The quantitative estimate of drug-likeness (QED) is 0.809. The lowest BCUT2D eigenvalue weighted by molar-refractivity contribution is -0.137. The zero-order valence-corrected chi connectivity index (χ0v) is 16.5. The van der Waals surface area contributed by atoms with E-state index in [1.54, 1.807) is 11.3 Å². The van der Waals surface area contributed by atoms with Crippen LogP contribution in [0.25, 0.3) is 11.1 Å². The number of esters is 2. The highest BCUT2D eigenvalue weighted by atomic mass is 32.1. The minimum absolute atomic E-state index is 0.408. The monoisotopic (exact) mass is 383 g/mol. The Morgan fingerprint density at radius 1 is 0.963 bits per heavy atom. The van der Waals surface area contributed by atoms with Crippen molar-refractivity contribution >= 4 is 23.3 Å². The fourth-order valence-corrected chi connectivity index (χ4v) is 4.15. The van der Waals surface area contributed by atoms with Crippen molar-refractivity contribution in [3.8, 4) is 11.1 Å². The van der Waals surface area contributed by atoms with E-state index < -0.39 is 17.9 Å². The van der Waals surface area contributed by atoms with Crippen molar-refractivity contribution < 1.29 is 19.1 Å². The van der Waals surface area contributed by atoms with Crippen LogP contribution in [0.4, 0.5) is 0 Å². The molecule has 0 saturated heterocycles. The molecule has 1 aliphatic heterocycles. The smallest absolute Gasteiger partial charge is 0.336 e. The zero-order chi connectivity index (χ0) is 19.6. The molecule has 0 amide bonds. The molecule has 1 aliphatic rings. The van der Waals surface area contributed by atoms with Gasteiger partial charge in [-0.25, -0.2) is 9.59 Å². The molecular weight excluding hydrogens is 362 g/mol. The van der Waals surface area contributed by atoms with E-state index in [2.05, 4.69) is 5.32 Å². The summed E-state index contributed by atoms with van der Waals surface area (Å²) in [5.74, 6) is -1.53. The third kappa shape index (κ3) is 3.40. The van der Waals surface area contributed by atoms with Gasteiger partial charge in [-0.15, -0.1) is 0 Å². The first-order valence-electron chi connectivity index (χ1n) is 8.46. The predicted octanol–water partition coefficient (Wildman–Crippen LogP) is 4.00. The molecule has 27 heavy (non-hydrogen) atoms. The Kier molecular flexibility index (Phi) is 5.46. The molecule has 0 aliphatic carbocycles. The summed E-state index contributed by atoms with van der Waals surface area (Å²) < 4.78 is 10.1. The van der Waals surface area contributed by atoms with Gasteiger partial charge in [0.15, 0.2) is 0 Å². The third-order valence-electron chi connectivity index (χ3n) is 4.67. The summed E-state index contributed by atoms with van der Waals surface area (Å²) in [5.41, 5.74) is 5.01. The van der Waals surface area contributed by atoms with Crippen LogP contribution in [0.1, 0.15) is 25.3 Å². The van der Waals surface area contributed by atoms with E-state index in [1.165, 1.54) is 14.2 Å². The second kappa shape index (κ2) is 7.80. The Bertz CT molecular complexity index is 903. The fourth-order valence-electron chi connectivity index (χ4n) is 3.50. The van der Waals surface area contributed by atoms with Crippen molar-refractivity contribution in [2.45, 2.75) is 19.8 Å². The van der Waals surface area contributed by atoms with Gasteiger partial charge in [0.25, 0.3) is 0 Å². The molecule has 0 unspecified atom stereocenters. The van der Waals surface area contributed by atoms with Crippen molar-refractivity contribution in [1.29, 1.82) is 0 Å². The number of carbonyl (C=O) groups is 2. The number of thiophene rings is 1. The van der Waals surface area contributed by atoms with Crippen molar-refractivity contribution in [2.75, 3.05) is 14.2 Å². The summed E-state index contributed by atoms with van der Waals surface area (Å²) in [6.07, 6.45) is 0.